The number of nitrogens with two attached hydrogens (primary N) is 1. The highest BCUT2D eigenvalue weighted by Crippen LogP contribution is 2.15. The number of nitrogens with one attached hydrogen (secondary N) is 1. The Bertz CT molecular complexity index is 553. The van der Waals surface area contributed by atoms with Crippen molar-refractivity contribution in [2.45, 2.75) is 13.5 Å². The number of quaternary nitrogens is 1. The molecule has 2 aromatic carbocycles. The molecule has 0 bridgehead atoms. The van der Waals surface area contributed by atoms with Crippen molar-refractivity contribution in [3.8, 4) is 5.75 Å². The van der Waals surface area contributed by atoms with E-state index in [2.05, 4.69) is 17.4 Å². The van der Waals surface area contributed by atoms with Crippen LogP contribution in [0.15, 0.2) is 54.6 Å². The van der Waals surface area contributed by atoms with Crippen molar-refractivity contribution in [2.24, 2.45) is 0 Å². The molecule has 4 heteroatoms. The van der Waals surface area contributed by atoms with E-state index in [1.54, 1.807) is 0 Å². The second kappa shape index (κ2) is 8.07. The summed E-state index contributed by atoms with van der Waals surface area (Å²) in [6.45, 7) is 3.79. The summed E-state index contributed by atoms with van der Waals surface area (Å²) in [5, 5.41) is 4.86. The van der Waals surface area contributed by atoms with E-state index in [1.807, 2.05) is 54.7 Å². The molecule has 0 heterocycles. The molecule has 0 aliphatic heterocycles. The number of rotatable bonds is 7. The Labute approximate surface area is 125 Å². The zero-order chi connectivity index (χ0) is 14.9. The zero-order valence-corrected chi connectivity index (χ0v) is 12.2. The van der Waals surface area contributed by atoms with Gasteiger partial charge in [0.2, 0.25) is 0 Å². The Morgan fingerprint density at radius 3 is 2.48 bits per heavy atom. The Balaban J connectivity index is 1.74. The Kier molecular flexibility index (Phi) is 5.79. The van der Waals surface area contributed by atoms with Crippen LogP contribution in [0.4, 0.5) is 5.69 Å². The average molecular weight is 285 g/mol. The molecule has 0 atom stereocenters. The van der Waals surface area contributed by atoms with Gasteiger partial charge in [0, 0.05) is 11.3 Å². The number of carbonyl (C=O) groups is 1. The highest BCUT2D eigenvalue weighted by atomic mass is 16.5. The summed E-state index contributed by atoms with van der Waals surface area (Å²) in [4.78, 5) is 11.8. The number of amides is 1. The third kappa shape index (κ3) is 5.28. The summed E-state index contributed by atoms with van der Waals surface area (Å²) in [6.07, 6.45) is 0. The lowest BCUT2D eigenvalue weighted by Gasteiger charge is -2.07. The van der Waals surface area contributed by atoms with Crippen molar-refractivity contribution < 1.29 is 14.8 Å². The second-order valence-electron chi connectivity index (χ2n) is 4.69. The van der Waals surface area contributed by atoms with E-state index in [9.17, 15) is 4.79 Å². The Morgan fingerprint density at radius 1 is 1.10 bits per heavy atom. The molecule has 0 saturated carbocycles. The molecule has 21 heavy (non-hydrogen) atoms. The maximum atomic E-state index is 11.8. The Morgan fingerprint density at radius 2 is 1.81 bits per heavy atom. The first kappa shape index (κ1) is 15.1. The van der Waals surface area contributed by atoms with Gasteiger partial charge in [0.15, 0.2) is 6.54 Å². The zero-order valence-electron chi connectivity index (χ0n) is 12.2. The molecule has 0 aromatic heterocycles. The number of anilines is 1. The number of hydrogen-bond donors (Lipinski definition) is 2. The maximum Gasteiger partial charge on any atom is 0.279 e. The van der Waals surface area contributed by atoms with Crippen LogP contribution in [0.3, 0.4) is 0 Å². The van der Waals surface area contributed by atoms with Gasteiger partial charge in [0.1, 0.15) is 12.3 Å². The van der Waals surface area contributed by atoms with E-state index in [0.29, 0.717) is 13.2 Å². The monoisotopic (exact) mass is 285 g/mol. The SMILES string of the molecule is CCOc1ccc(NC(=O)C[NH2+]Cc2ccccc2)cc1. The van der Waals surface area contributed by atoms with Gasteiger partial charge in [-0.1, -0.05) is 30.3 Å². The van der Waals surface area contributed by atoms with Gasteiger partial charge >= 0.3 is 0 Å². The van der Waals surface area contributed by atoms with Crippen LogP contribution < -0.4 is 15.4 Å². The molecule has 0 aliphatic rings. The lowest BCUT2D eigenvalue weighted by atomic mass is 10.2. The largest absolute Gasteiger partial charge is 0.494 e. The van der Waals surface area contributed by atoms with Crippen LogP contribution in [-0.4, -0.2) is 19.1 Å². The van der Waals surface area contributed by atoms with Crippen LogP contribution in [-0.2, 0) is 11.3 Å². The highest BCUT2D eigenvalue weighted by molar-refractivity contribution is 5.91. The lowest BCUT2D eigenvalue weighted by molar-refractivity contribution is -0.659. The minimum absolute atomic E-state index is 0.00455. The van der Waals surface area contributed by atoms with Gasteiger partial charge in [0.05, 0.1) is 6.61 Å². The van der Waals surface area contributed by atoms with Gasteiger partial charge < -0.3 is 15.4 Å². The van der Waals surface area contributed by atoms with Gasteiger partial charge in [-0.05, 0) is 31.2 Å². The number of hydrogen-bond acceptors (Lipinski definition) is 2. The Hall–Kier alpha value is -2.33. The van der Waals surface area contributed by atoms with E-state index in [1.165, 1.54) is 5.56 Å². The van der Waals surface area contributed by atoms with Gasteiger partial charge in [0.25, 0.3) is 5.91 Å². The molecule has 0 fully saturated rings. The van der Waals surface area contributed by atoms with Crippen LogP contribution in [0, 0.1) is 0 Å². The van der Waals surface area contributed by atoms with Crippen LogP contribution in [0.1, 0.15) is 12.5 Å². The van der Waals surface area contributed by atoms with E-state index in [4.69, 9.17) is 4.74 Å². The van der Waals surface area contributed by atoms with Crippen molar-refractivity contribution in [2.75, 3.05) is 18.5 Å². The van der Waals surface area contributed by atoms with Crippen molar-refractivity contribution in [1.82, 2.24) is 0 Å². The minimum Gasteiger partial charge on any atom is -0.494 e. The predicted molar refractivity (Wildman–Crippen MR) is 83.2 cm³/mol. The first-order valence-corrected chi connectivity index (χ1v) is 7.16. The standard InChI is InChI=1S/C17H20N2O2/c1-2-21-16-10-8-15(9-11-16)19-17(20)13-18-12-14-6-4-3-5-7-14/h3-11,18H,2,12-13H2,1H3,(H,19,20)/p+1. The summed E-state index contributed by atoms with van der Waals surface area (Å²) < 4.78 is 5.36. The van der Waals surface area contributed by atoms with Crippen LogP contribution in [0.5, 0.6) is 5.75 Å². The smallest absolute Gasteiger partial charge is 0.279 e. The van der Waals surface area contributed by atoms with Crippen LogP contribution in [0.2, 0.25) is 0 Å². The van der Waals surface area contributed by atoms with Gasteiger partial charge in [-0.15, -0.1) is 0 Å². The van der Waals surface area contributed by atoms with Gasteiger partial charge in [-0.3, -0.25) is 4.79 Å². The van der Waals surface area contributed by atoms with Crippen molar-refractivity contribution in [1.29, 1.82) is 0 Å². The fourth-order valence-corrected chi connectivity index (χ4v) is 2.00. The minimum atomic E-state index is -0.00455. The van der Waals surface area contributed by atoms with Crippen molar-refractivity contribution in [3.63, 3.8) is 0 Å². The normalized spacial score (nSPS) is 10.1. The molecule has 2 rings (SSSR count). The third-order valence-electron chi connectivity index (χ3n) is 3.00. The summed E-state index contributed by atoms with van der Waals surface area (Å²) >= 11 is 0. The summed E-state index contributed by atoms with van der Waals surface area (Å²) in [6, 6.07) is 17.5. The van der Waals surface area contributed by atoms with Crippen LogP contribution >= 0.6 is 0 Å². The molecule has 0 radical (unpaired) electrons. The molecule has 0 spiro atoms. The van der Waals surface area contributed by atoms with Gasteiger partial charge in [-0.25, -0.2) is 0 Å². The first-order valence-electron chi connectivity index (χ1n) is 7.16. The fourth-order valence-electron chi connectivity index (χ4n) is 2.00. The van der Waals surface area contributed by atoms with Crippen molar-refractivity contribution >= 4 is 11.6 Å². The molecule has 4 nitrogen and oxygen atoms in total. The maximum absolute atomic E-state index is 11.8. The first-order chi connectivity index (χ1) is 10.3. The lowest BCUT2D eigenvalue weighted by Crippen LogP contribution is -2.84. The summed E-state index contributed by atoms with van der Waals surface area (Å²) in [5.41, 5.74) is 2.00. The molecular formula is C17H21N2O2+. The van der Waals surface area contributed by atoms with Crippen LogP contribution in [0.25, 0.3) is 0 Å². The molecule has 110 valence electrons. The number of carbonyl (C=O) groups excluding carboxylic acids is 1. The topological polar surface area (TPSA) is 54.9 Å². The molecule has 0 saturated heterocycles. The van der Waals surface area contributed by atoms with Gasteiger partial charge in [-0.2, -0.15) is 0 Å². The van der Waals surface area contributed by atoms with E-state index in [-0.39, 0.29) is 5.91 Å². The quantitative estimate of drug-likeness (QED) is 0.815. The molecule has 0 unspecified atom stereocenters. The highest BCUT2D eigenvalue weighted by Gasteiger charge is 2.05. The molecule has 2 aromatic rings. The predicted octanol–water partition coefficient (Wildman–Crippen LogP) is 1.79. The number of benzene rings is 2. The van der Waals surface area contributed by atoms with Crippen molar-refractivity contribution in [3.05, 3.63) is 60.2 Å². The average Bonchev–Trinajstić information content (AvgIpc) is 2.51. The molecule has 1 amide bonds. The second-order valence-corrected chi connectivity index (χ2v) is 4.69. The van der Waals surface area contributed by atoms with E-state index in [0.717, 1.165) is 18.0 Å². The summed E-state index contributed by atoms with van der Waals surface area (Å²) in [5.74, 6) is 0.807. The third-order valence-corrected chi connectivity index (χ3v) is 3.00. The number of ether oxygens (including phenoxy) is 1. The summed E-state index contributed by atoms with van der Waals surface area (Å²) in [7, 11) is 0. The fraction of sp³-hybridized carbons (Fsp3) is 0.235. The molecule has 3 N–H and O–H groups in total. The molecule has 0 aliphatic carbocycles. The molecular weight excluding hydrogens is 264 g/mol. The van der Waals surface area contributed by atoms with E-state index < -0.39 is 0 Å². The van der Waals surface area contributed by atoms with E-state index >= 15 is 0 Å².